The number of nitrogens with two attached hydrogens (primary N) is 3. The van der Waals surface area contributed by atoms with Crippen LogP contribution in [0, 0.1) is 0 Å². The van der Waals surface area contributed by atoms with Gasteiger partial charge in [0, 0.05) is 31.3 Å². The fourth-order valence-corrected chi connectivity index (χ4v) is 3.01. The van der Waals surface area contributed by atoms with Gasteiger partial charge in [-0.05, 0) is 19.3 Å². The third kappa shape index (κ3) is 11.8. The second-order valence-electron chi connectivity index (χ2n) is 7.97. The fourth-order valence-electron chi connectivity index (χ4n) is 3.01. The van der Waals surface area contributed by atoms with E-state index >= 15 is 0 Å². The molecule has 17 nitrogen and oxygen atoms in total. The molecule has 0 radical (unpaired) electrons. The van der Waals surface area contributed by atoms with Crippen LogP contribution in [0.3, 0.4) is 0 Å². The van der Waals surface area contributed by atoms with E-state index in [1.165, 1.54) is 12.5 Å². The Bertz CT molecular complexity index is 950. The van der Waals surface area contributed by atoms with E-state index < -0.39 is 60.4 Å². The molecule has 17 heteroatoms. The van der Waals surface area contributed by atoms with Crippen molar-refractivity contribution in [3.8, 4) is 0 Å². The van der Waals surface area contributed by atoms with Crippen molar-refractivity contribution in [3.63, 3.8) is 0 Å². The summed E-state index contributed by atoms with van der Waals surface area (Å²) >= 11 is 0. The van der Waals surface area contributed by atoms with Crippen molar-refractivity contribution in [2.75, 3.05) is 13.2 Å². The summed E-state index contributed by atoms with van der Waals surface area (Å²) < 4.78 is 0. The second-order valence-corrected chi connectivity index (χ2v) is 7.97. The molecule has 206 valence electrons. The van der Waals surface area contributed by atoms with Crippen molar-refractivity contribution < 1.29 is 39.3 Å². The number of nitrogens with one attached hydrogen (secondary N) is 4. The van der Waals surface area contributed by atoms with Gasteiger partial charge in [0.15, 0.2) is 5.96 Å². The third-order valence-corrected chi connectivity index (χ3v) is 4.99. The first-order chi connectivity index (χ1) is 17.4. The highest BCUT2D eigenvalue weighted by Crippen LogP contribution is 2.04. The molecule has 0 fully saturated rings. The molecule has 1 aromatic heterocycles. The first-order valence-electron chi connectivity index (χ1n) is 11.2. The first-order valence-corrected chi connectivity index (χ1v) is 11.2. The van der Waals surface area contributed by atoms with E-state index in [0.717, 1.165) is 0 Å². The lowest BCUT2D eigenvalue weighted by Gasteiger charge is -2.24. The number of aromatic nitrogens is 2. The van der Waals surface area contributed by atoms with Gasteiger partial charge in [-0.15, -0.1) is 0 Å². The molecular weight excluding hydrogens is 494 g/mol. The minimum atomic E-state index is -1.55. The quantitative estimate of drug-likeness (QED) is 0.0523. The Morgan fingerprint density at radius 3 is 2.14 bits per heavy atom. The molecule has 4 unspecified atom stereocenters. The zero-order valence-corrected chi connectivity index (χ0v) is 19.9. The van der Waals surface area contributed by atoms with Crippen LogP contribution < -0.4 is 33.2 Å². The summed E-state index contributed by atoms with van der Waals surface area (Å²) in [7, 11) is 0. The molecule has 37 heavy (non-hydrogen) atoms. The summed E-state index contributed by atoms with van der Waals surface area (Å²) in [5, 5.41) is 34.7. The summed E-state index contributed by atoms with van der Waals surface area (Å²) in [6, 6.07) is -5.41. The zero-order valence-electron chi connectivity index (χ0n) is 19.9. The average molecular weight is 528 g/mol. The lowest BCUT2D eigenvalue weighted by Crippen LogP contribution is -2.58. The molecule has 1 aromatic rings. The van der Waals surface area contributed by atoms with Crippen LogP contribution in [0.1, 0.15) is 31.4 Å². The highest BCUT2D eigenvalue weighted by atomic mass is 16.4. The molecular formula is C20H33N9O8. The number of hydrogen-bond acceptors (Lipinski definition) is 9. The van der Waals surface area contributed by atoms with Crippen LogP contribution in [0.15, 0.2) is 17.5 Å². The summed E-state index contributed by atoms with van der Waals surface area (Å²) in [5.74, 6) is -5.34. The monoisotopic (exact) mass is 527 g/mol. The van der Waals surface area contributed by atoms with E-state index in [1.54, 1.807) is 0 Å². The van der Waals surface area contributed by atoms with Gasteiger partial charge >= 0.3 is 11.9 Å². The van der Waals surface area contributed by atoms with Gasteiger partial charge in [-0.25, -0.2) is 9.78 Å². The number of H-pyrrole nitrogens is 1. The molecule has 0 aliphatic heterocycles. The Morgan fingerprint density at radius 2 is 1.59 bits per heavy atom. The number of aromatic amines is 1. The number of aliphatic imine (C=N–C) groups is 1. The Morgan fingerprint density at radius 1 is 0.973 bits per heavy atom. The van der Waals surface area contributed by atoms with Gasteiger partial charge in [-0.1, -0.05) is 0 Å². The van der Waals surface area contributed by atoms with Crippen LogP contribution in [0.2, 0.25) is 0 Å². The van der Waals surface area contributed by atoms with Crippen LogP contribution in [-0.4, -0.2) is 98.2 Å². The van der Waals surface area contributed by atoms with E-state index in [1.807, 2.05) is 0 Å². The minimum Gasteiger partial charge on any atom is -0.481 e. The largest absolute Gasteiger partial charge is 0.481 e. The molecule has 0 aromatic carbocycles. The van der Waals surface area contributed by atoms with E-state index in [9.17, 15) is 34.2 Å². The van der Waals surface area contributed by atoms with Crippen LogP contribution in [-0.2, 0) is 30.4 Å². The standard InChI is InChI=1S/C20H33N9O8/c21-11(3-4-15(31)32)16(33)28-13(6-10-7-24-9-26-10)17(34)29-14(8-30)18(35)27-12(19(36)37)2-1-5-25-20(22)23/h7,9,11-14,30H,1-6,8,21H2,(H,24,26)(H,27,35)(H,28,33)(H,29,34)(H,31,32)(H,36,37)(H4,22,23,25). The summed E-state index contributed by atoms with van der Waals surface area (Å²) in [6.07, 6.45) is 2.28. The van der Waals surface area contributed by atoms with Crippen LogP contribution in [0.4, 0.5) is 0 Å². The Kier molecular flexibility index (Phi) is 13.0. The fraction of sp³-hybridized carbons (Fsp3) is 0.550. The third-order valence-electron chi connectivity index (χ3n) is 4.99. The summed E-state index contributed by atoms with van der Waals surface area (Å²) in [4.78, 5) is 70.5. The second kappa shape index (κ2) is 15.7. The van der Waals surface area contributed by atoms with E-state index in [-0.39, 0.29) is 44.6 Å². The molecule has 3 amide bonds. The van der Waals surface area contributed by atoms with Gasteiger partial charge < -0.3 is 53.5 Å². The maximum Gasteiger partial charge on any atom is 0.326 e. The Labute approximate surface area is 211 Å². The van der Waals surface area contributed by atoms with Crippen LogP contribution in [0.25, 0.3) is 0 Å². The molecule has 0 aliphatic carbocycles. The van der Waals surface area contributed by atoms with Crippen molar-refractivity contribution in [2.45, 2.75) is 56.3 Å². The maximum atomic E-state index is 12.9. The smallest absolute Gasteiger partial charge is 0.326 e. The number of aliphatic hydroxyl groups is 1. The maximum absolute atomic E-state index is 12.9. The normalized spacial score (nSPS) is 13.9. The molecule has 0 aliphatic rings. The molecule has 0 saturated carbocycles. The van der Waals surface area contributed by atoms with Crippen molar-refractivity contribution >= 4 is 35.6 Å². The van der Waals surface area contributed by atoms with Crippen molar-refractivity contribution in [1.82, 2.24) is 25.9 Å². The van der Waals surface area contributed by atoms with Crippen molar-refractivity contribution in [1.29, 1.82) is 0 Å². The number of rotatable bonds is 17. The molecule has 0 spiro atoms. The molecule has 0 saturated heterocycles. The lowest BCUT2D eigenvalue weighted by atomic mass is 10.1. The molecule has 1 rings (SSSR count). The predicted octanol–water partition coefficient (Wildman–Crippen LogP) is -4.27. The number of guanidine groups is 1. The SMILES string of the molecule is NC(N)=NCCCC(NC(=O)C(CO)NC(=O)C(Cc1cnc[nH]1)NC(=O)C(N)CCC(=O)O)C(=O)O. The Hall–Kier alpha value is -4.25. The number of carbonyl (C=O) groups is 5. The highest BCUT2D eigenvalue weighted by Gasteiger charge is 2.30. The number of hydrogen-bond donors (Lipinski definition) is 10. The molecule has 1 heterocycles. The van der Waals surface area contributed by atoms with Gasteiger partial charge in [-0.3, -0.25) is 24.2 Å². The van der Waals surface area contributed by atoms with E-state index in [2.05, 4.69) is 30.9 Å². The number of nitrogens with zero attached hydrogens (tertiary/aromatic N) is 2. The average Bonchev–Trinajstić information content (AvgIpc) is 3.34. The number of imidazole rings is 1. The Balaban J connectivity index is 2.87. The van der Waals surface area contributed by atoms with Crippen molar-refractivity contribution in [2.24, 2.45) is 22.2 Å². The van der Waals surface area contributed by atoms with Gasteiger partial charge in [0.25, 0.3) is 0 Å². The summed E-state index contributed by atoms with van der Waals surface area (Å²) in [5.41, 5.74) is 16.6. The van der Waals surface area contributed by atoms with E-state index in [4.69, 9.17) is 22.3 Å². The first kappa shape index (κ1) is 30.8. The van der Waals surface area contributed by atoms with Crippen LogP contribution in [0.5, 0.6) is 0 Å². The van der Waals surface area contributed by atoms with Crippen molar-refractivity contribution in [3.05, 3.63) is 18.2 Å². The summed E-state index contributed by atoms with van der Waals surface area (Å²) in [6.45, 7) is -0.744. The molecule has 4 atom stereocenters. The number of carboxylic acid groups (broad SMARTS) is 2. The van der Waals surface area contributed by atoms with Gasteiger partial charge in [0.05, 0.1) is 19.0 Å². The zero-order chi connectivity index (χ0) is 28.0. The van der Waals surface area contributed by atoms with Gasteiger partial charge in [0.1, 0.15) is 18.1 Å². The minimum absolute atomic E-state index is 0.0311. The lowest BCUT2D eigenvalue weighted by molar-refractivity contribution is -0.143. The number of aliphatic carboxylic acids is 2. The number of aliphatic hydroxyl groups excluding tert-OH is 1. The van der Waals surface area contributed by atoms with E-state index in [0.29, 0.717) is 5.69 Å². The van der Waals surface area contributed by atoms with Gasteiger partial charge in [-0.2, -0.15) is 0 Å². The number of carboxylic acids is 2. The molecule has 13 N–H and O–H groups in total. The van der Waals surface area contributed by atoms with Gasteiger partial charge in [0.2, 0.25) is 17.7 Å². The number of carbonyl (C=O) groups excluding carboxylic acids is 3. The highest BCUT2D eigenvalue weighted by molar-refractivity contribution is 5.94. The topological polar surface area (TPSA) is 301 Å². The predicted molar refractivity (Wildman–Crippen MR) is 128 cm³/mol. The van der Waals surface area contributed by atoms with Crippen LogP contribution >= 0.6 is 0 Å². The molecule has 0 bridgehead atoms. The number of amides is 3.